The molecule has 0 heterocycles. The number of hydrogen-bond acceptors (Lipinski definition) is 6. The van der Waals surface area contributed by atoms with Crippen LogP contribution in [0.25, 0.3) is 0 Å². The monoisotopic (exact) mass is 708 g/mol. The fourth-order valence-corrected chi connectivity index (χ4v) is 7.72. The van der Waals surface area contributed by atoms with Gasteiger partial charge < -0.3 is 10.2 Å². The number of sulfonamides is 1. The summed E-state index contributed by atoms with van der Waals surface area (Å²) in [5.41, 5.74) is 0.970. The standard InChI is InChI=1S/C35H34Cl2N4O6S/c36-31-16-9-17-32(37)30(31)23-39(33(22-25-10-3-1-4-11-25)35(43)38-26-12-7-8-13-26)34(42)24-40(27-18-20-28(21-19-27)41(44)45)48(46,47)29-14-5-2-6-15-29/h1-6,9-11,14-21,26,33H,7-8,12-13,22-24H2,(H,38,43)/t33-/m0/s1. The zero-order chi connectivity index (χ0) is 34.3. The molecule has 0 spiro atoms. The van der Waals surface area contributed by atoms with Crippen molar-refractivity contribution >= 4 is 56.4 Å². The number of anilines is 1. The largest absolute Gasteiger partial charge is 0.352 e. The Bertz CT molecular complexity index is 1840. The Morgan fingerprint density at radius 3 is 2.02 bits per heavy atom. The van der Waals surface area contributed by atoms with E-state index in [-0.39, 0.29) is 51.2 Å². The number of hydrogen-bond donors (Lipinski definition) is 1. The molecule has 0 radical (unpaired) electrons. The van der Waals surface area contributed by atoms with Gasteiger partial charge in [-0.05, 0) is 54.8 Å². The lowest BCUT2D eigenvalue weighted by Crippen LogP contribution is -2.54. The van der Waals surface area contributed by atoms with Crippen molar-refractivity contribution in [1.29, 1.82) is 0 Å². The first-order valence-electron chi connectivity index (χ1n) is 15.4. The number of nitro benzene ring substituents is 1. The molecule has 0 bridgehead atoms. The van der Waals surface area contributed by atoms with Gasteiger partial charge in [0.1, 0.15) is 12.6 Å². The van der Waals surface area contributed by atoms with E-state index in [1.54, 1.807) is 36.4 Å². The molecule has 250 valence electrons. The zero-order valence-electron chi connectivity index (χ0n) is 25.9. The van der Waals surface area contributed by atoms with Crippen LogP contribution in [-0.2, 0) is 32.6 Å². The molecule has 0 saturated heterocycles. The summed E-state index contributed by atoms with van der Waals surface area (Å²) in [5, 5.41) is 15.0. The first-order valence-corrected chi connectivity index (χ1v) is 17.6. The van der Waals surface area contributed by atoms with Crippen LogP contribution < -0.4 is 9.62 Å². The van der Waals surface area contributed by atoms with Crippen LogP contribution in [0.15, 0.2) is 108 Å². The number of non-ortho nitro benzene ring substituents is 1. The molecule has 10 nitrogen and oxygen atoms in total. The first kappa shape index (κ1) is 34.9. The molecular formula is C35H34Cl2N4O6S. The summed E-state index contributed by atoms with van der Waals surface area (Å²) >= 11 is 13.1. The summed E-state index contributed by atoms with van der Waals surface area (Å²) < 4.78 is 29.1. The molecule has 4 aromatic carbocycles. The van der Waals surface area contributed by atoms with Gasteiger partial charge in [-0.3, -0.25) is 24.0 Å². The fourth-order valence-electron chi connectivity index (χ4n) is 5.76. The van der Waals surface area contributed by atoms with Crippen LogP contribution in [0.2, 0.25) is 10.0 Å². The summed E-state index contributed by atoms with van der Waals surface area (Å²) in [6, 6.07) is 25.5. The Kier molecular flexibility index (Phi) is 11.4. The Morgan fingerprint density at radius 1 is 0.854 bits per heavy atom. The fraction of sp³-hybridized carbons (Fsp3) is 0.257. The Balaban J connectivity index is 1.59. The number of nitrogens with zero attached hydrogens (tertiary/aromatic N) is 3. The lowest BCUT2D eigenvalue weighted by molar-refractivity contribution is -0.384. The number of rotatable bonds is 13. The van der Waals surface area contributed by atoms with Crippen molar-refractivity contribution in [2.45, 2.75) is 55.6 Å². The number of nitro groups is 1. The average molecular weight is 710 g/mol. The number of nitrogens with one attached hydrogen (secondary N) is 1. The molecule has 1 saturated carbocycles. The molecule has 1 aliphatic carbocycles. The quantitative estimate of drug-likeness (QED) is 0.120. The van der Waals surface area contributed by atoms with Gasteiger partial charge in [-0.1, -0.05) is 90.6 Å². The van der Waals surface area contributed by atoms with E-state index in [0.717, 1.165) is 35.6 Å². The van der Waals surface area contributed by atoms with Gasteiger partial charge in [-0.25, -0.2) is 8.42 Å². The van der Waals surface area contributed by atoms with E-state index in [1.165, 1.54) is 41.3 Å². The van der Waals surface area contributed by atoms with Crippen molar-refractivity contribution in [1.82, 2.24) is 10.2 Å². The summed E-state index contributed by atoms with van der Waals surface area (Å²) in [6.07, 6.45) is 3.73. The highest BCUT2D eigenvalue weighted by Gasteiger charge is 2.36. The van der Waals surface area contributed by atoms with Gasteiger partial charge in [-0.2, -0.15) is 0 Å². The lowest BCUT2D eigenvalue weighted by atomic mass is 10.0. The molecule has 1 atom stereocenters. The second-order valence-corrected chi connectivity index (χ2v) is 14.2. The Morgan fingerprint density at radius 2 is 1.44 bits per heavy atom. The molecule has 0 unspecified atom stereocenters. The number of amides is 2. The average Bonchev–Trinajstić information content (AvgIpc) is 3.60. The van der Waals surface area contributed by atoms with E-state index in [2.05, 4.69) is 5.32 Å². The molecule has 1 N–H and O–H groups in total. The maximum absolute atomic E-state index is 14.6. The molecule has 2 amide bonds. The van der Waals surface area contributed by atoms with Gasteiger partial charge in [0.05, 0.1) is 15.5 Å². The van der Waals surface area contributed by atoms with Gasteiger partial charge in [0.2, 0.25) is 11.8 Å². The van der Waals surface area contributed by atoms with Gasteiger partial charge in [-0.15, -0.1) is 0 Å². The topological polar surface area (TPSA) is 130 Å². The molecule has 13 heteroatoms. The van der Waals surface area contributed by atoms with Crippen molar-refractivity contribution < 1.29 is 22.9 Å². The third kappa shape index (κ3) is 8.33. The minimum Gasteiger partial charge on any atom is -0.352 e. The van der Waals surface area contributed by atoms with E-state index >= 15 is 0 Å². The molecular weight excluding hydrogens is 675 g/mol. The first-order chi connectivity index (χ1) is 23.0. The summed E-state index contributed by atoms with van der Waals surface area (Å²) in [5.74, 6) is -1.08. The molecule has 4 aromatic rings. The van der Waals surface area contributed by atoms with Crippen LogP contribution in [0.4, 0.5) is 11.4 Å². The summed E-state index contributed by atoms with van der Waals surface area (Å²) in [6.45, 7) is -0.911. The van der Waals surface area contributed by atoms with Crippen LogP contribution >= 0.6 is 23.2 Å². The van der Waals surface area contributed by atoms with E-state index < -0.39 is 33.4 Å². The number of carbonyl (C=O) groups excluding carboxylic acids is 2. The van der Waals surface area contributed by atoms with Gasteiger partial charge in [0.25, 0.3) is 15.7 Å². The normalized spacial score (nSPS) is 13.9. The van der Waals surface area contributed by atoms with Crippen molar-refractivity contribution in [2.24, 2.45) is 0 Å². The van der Waals surface area contributed by atoms with Crippen LogP contribution in [0, 0.1) is 10.1 Å². The highest BCUT2D eigenvalue weighted by atomic mass is 35.5. The van der Waals surface area contributed by atoms with Crippen LogP contribution in [0.3, 0.4) is 0 Å². The van der Waals surface area contributed by atoms with Crippen LogP contribution in [0.1, 0.15) is 36.8 Å². The zero-order valence-corrected chi connectivity index (χ0v) is 28.2. The summed E-state index contributed by atoms with van der Waals surface area (Å²) in [4.78, 5) is 40.7. The molecule has 48 heavy (non-hydrogen) atoms. The van der Waals surface area contributed by atoms with E-state index in [0.29, 0.717) is 5.56 Å². The van der Waals surface area contributed by atoms with Crippen molar-refractivity contribution in [3.8, 4) is 0 Å². The molecule has 1 fully saturated rings. The lowest BCUT2D eigenvalue weighted by Gasteiger charge is -2.34. The molecule has 0 aromatic heterocycles. The minimum atomic E-state index is -4.37. The van der Waals surface area contributed by atoms with E-state index in [1.807, 2.05) is 30.3 Å². The third-order valence-electron chi connectivity index (χ3n) is 8.32. The molecule has 5 rings (SSSR count). The number of carbonyl (C=O) groups is 2. The maximum atomic E-state index is 14.6. The number of benzene rings is 4. The second kappa shape index (κ2) is 15.6. The van der Waals surface area contributed by atoms with Crippen molar-refractivity contribution in [2.75, 3.05) is 10.8 Å². The third-order valence-corrected chi connectivity index (χ3v) is 10.8. The van der Waals surface area contributed by atoms with E-state index in [4.69, 9.17) is 23.2 Å². The predicted octanol–water partition coefficient (Wildman–Crippen LogP) is 6.80. The van der Waals surface area contributed by atoms with Crippen LogP contribution in [0.5, 0.6) is 0 Å². The predicted molar refractivity (Wildman–Crippen MR) is 185 cm³/mol. The summed E-state index contributed by atoms with van der Waals surface area (Å²) in [7, 11) is -4.37. The van der Waals surface area contributed by atoms with Crippen molar-refractivity contribution in [3.05, 3.63) is 134 Å². The minimum absolute atomic E-state index is 0.0311. The smallest absolute Gasteiger partial charge is 0.269 e. The highest BCUT2D eigenvalue weighted by Crippen LogP contribution is 2.30. The van der Waals surface area contributed by atoms with Gasteiger partial charge in [0.15, 0.2) is 0 Å². The highest BCUT2D eigenvalue weighted by molar-refractivity contribution is 7.92. The second-order valence-electron chi connectivity index (χ2n) is 11.5. The SMILES string of the molecule is O=C(NC1CCCC1)[C@H](Cc1ccccc1)N(Cc1c(Cl)cccc1Cl)C(=O)CN(c1ccc([N+](=O)[O-])cc1)S(=O)(=O)c1ccccc1. The Hall–Kier alpha value is -4.45. The Labute approximate surface area is 289 Å². The number of halogens is 2. The van der Waals surface area contributed by atoms with Gasteiger partial charge in [0, 0.05) is 46.7 Å². The van der Waals surface area contributed by atoms with E-state index in [9.17, 15) is 28.1 Å². The van der Waals surface area contributed by atoms with Gasteiger partial charge >= 0.3 is 0 Å². The van der Waals surface area contributed by atoms with Crippen LogP contribution in [-0.4, -0.2) is 48.7 Å². The van der Waals surface area contributed by atoms with Crippen molar-refractivity contribution in [3.63, 3.8) is 0 Å². The molecule has 1 aliphatic rings. The maximum Gasteiger partial charge on any atom is 0.269 e. The molecule has 0 aliphatic heterocycles.